The Bertz CT molecular complexity index is 692. The highest BCUT2D eigenvalue weighted by Crippen LogP contribution is 2.23. The molecule has 0 saturated carbocycles. The minimum absolute atomic E-state index is 0.250. The van der Waals surface area contributed by atoms with Gasteiger partial charge in [-0.2, -0.15) is 8.42 Å². The van der Waals surface area contributed by atoms with Crippen LogP contribution in [-0.2, 0) is 24.1 Å². The van der Waals surface area contributed by atoms with Gasteiger partial charge in [0.25, 0.3) is 0 Å². The summed E-state index contributed by atoms with van der Waals surface area (Å²) in [6.45, 7) is 1.17. The van der Waals surface area contributed by atoms with Gasteiger partial charge in [-0.15, -0.1) is 0 Å². The van der Waals surface area contributed by atoms with E-state index in [-0.39, 0.29) is 6.61 Å². The zero-order chi connectivity index (χ0) is 27.0. The highest BCUT2D eigenvalue weighted by molar-refractivity contribution is 7.80. The lowest BCUT2D eigenvalue weighted by atomic mass is 9.99. The molecule has 1 heterocycles. The highest BCUT2D eigenvalue weighted by atomic mass is 32.3. The third-order valence-corrected chi connectivity index (χ3v) is 6.68. The number of aliphatic hydroxyl groups excluding tert-OH is 4. The number of nitrogens with two attached hydrogens (primary N) is 1. The summed E-state index contributed by atoms with van der Waals surface area (Å²) in [7, 11) is -4.79. The largest absolute Gasteiger partial charge is 0.397 e. The molecule has 1 saturated heterocycles. The molecule has 0 aromatic heterocycles. The zero-order valence-corrected chi connectivity index (χ0v) is 22.2. The van der Waals surface area contributed by atoms with Gasteiger partial charge >= 0.3 is 10.4 Å². The fourth-order valence-electron chi connectivity index (χ4n) is 3.95. The fraction of sp³-hybridized carbons (Fsp3) is 0.917. The summed E-state index contributed by atoms with van der Waals surface area (Å²) in [6.07, 6.45) is 9.25. The van der Waals surface area contributed by atoms with Crippen molar-refractivity contribution in [3.05, 3.63) is 12.2 Å². The van der Waals surface area contributed by atoms with Crippen LogP contribution in [0.2, 0.25) is 0 Å². The normalized spacial score (nSPS) is 26.9. The summed E-state index contributed by atoms with van der Waals surface area (Å²) >= 11 is 0. The molecule has 0 spiro atoms. The van der Waals surface area contributed by atoms with Crippen molar-refractivity contribution in [1.29, 1.82) is 0 Å². The van der Waals surface area contributed by atoms with Gasteiger partial charge in [0, 0.05) is 0 Å². The Morgan fingerprint density at radius 1 is 0.917 bits per heavy atom. The molecule has 36 heavy (non-hydrogen) atoms. The first-order valence-electron chi connectivity index (χ1n) is 13.1. The summed E-state index contributed by atoms with van der Waals surface area (Å²) in [5.74, 6) is 0. The van der Waals surface area contributed by atoms with Crippen LogP contribution in [-0.4, -0.2) is 89.5 Å². The summed E-state index contributed by atoms with van der Waals surface area (Å²) in [4.78, 5) is 0. The van der Waals surface area contributed by atoms with E-state index in [9.17, 15) is 28.8 Å². The van der Waals surface area contributed by atoms with Crippen LogP contribution in [0.25, 0.3) is 0 Å². The molecule has 1 rings (SSSR count). The number of allylic oxidation sites excluding steroid dienone is 1. The lowest BCUT2D eigenvalue weighted by Gasteiger charge is -2.40. The van der Waals surface area contributed by atoms with Crippen LogP contribution in [0.15, 0.2) is 12.2 Å². The molecule has 11 nitrogen and oxygen atoms in total. The van der Waals surface area contributed by atoms with E-state index in [0.29, 0.717) is 0 Å². The third kappa shape index (κ3) is 14.3. The molecular formula is C24H47NO10S. The van der Waals surface area contributed by atoms with Gasteiger partial charge in [0.2, 0.25) is 0 Å². The van der Waals surface area contributed by atoms with Gasteiger partial charge in [-0.1, -0.05) is 83.3 Å². The Hall–Kier alpha value is -0.670. The van der Waals surface area contributed by atoms with Crippen LogP contribution in [0.1, 0.15) is 84.0 Å². The van der Waals surface area contributed by atoms with Gasteiger partial charge in [0.15, 0.2) is 6.29 Å². The Balaban J connectivity index is 2.23. The molecule has 7 N–H and O–H groups in total. The molecule has 0 aromatic rings. The quantitative estimate of drug-likeness (QED) is 0.0745. The predicted octanol–water partition coefficient (Wildman–Crippen LogP) is 1.58. The van der Waals surface area contributed by atoms with E-state index in [1.165, 1.54) is 57.8 Å². The fourth-order valence-corrected chi connectivity index (χ4v) is 4.26. The number of hydrogen-bond acceptors (Lipinski definition) is 10. The van der Waals surface area contributed by atoms with Crippen LogP contribution in [0.4, 0.5) is 0 Å². The highest BCUT2D eigenvalue weighted by Gasteiger charge is 2.45. The molecule has 214 valence electrons. The first-order valence-corrected chi connectivity index (χ1v) is 14.5. The van der Waals surface area contributed by atoms with E-state index < -0.39 is 59.9 Å². The van der Waals surface area contributed by atoms with E-state index in [1.807, 2.05) is 6.08 Å². The molecule has 1 fully saturated rings. The summed E-state index contributed by atoms with van der Waals surface area (Å²) in [5, 5.41) is 40.1. The van der Waals surface area contributed by atoms with Crippen LogP contribution in [0, 0.1) is 0 Å². The molecule has 0 aromatic carbocycles. The Morgan fingerprint density at radius 3 is 2.03 bits per heavy atom. The second kappa shape index (κ2) is 18.6. The summed E-state index contributed by atoms with van der Waals surface area (Å²) < 4.78 is 44.9. The van der Waals surface area contributed by atoms with E-state index in [1.54, 1.807) is 6.08 Å². The van der Waals surface area contributed by atoms with Crippen molar-refractivity contribution in [1.82, 2.24) is 0 Å². The SMILES string of the molecule is CCCCCCCCCCCCC/C=C/[C@@H](O)[C@@H](N)CO[C@H]1O[C@@H](COS(=O)(=O)O)C(O)[C@@H](O)[C@@H]1O. The smallest absolute Gasteiger partial charge is 0.387 e. The Labute approximate surface area is 215 Å². The average Bonchev–Trinajstić information content (AvgIpc) is 2.83. The summed E-state index contributed by atoms with van der Waals surface area (Å²) in [5.41, 5.74) is 5.93. The van der Waals surface area contributed by atoms with Gasteiger partial charge < -0.3 is 35.6 Å². The van der Waals surface area contributed by atoms with Crippen molar-refractivity contribution >= 4 is 10.4 Å². The first-order chi connectivity index (χ1) is 17.1. The van der Waals surface area contributed by atoms with Gasteiger partial charge in [0.1, 0.15) is 24.4 Å². The van der Waals surface area contributed by atoms with Gasteiger partial charge in [-0.05, 0) is 12.8 Å². The van der Waals surface area contributed by atoms with Crippen molar-refractivity contribution in [3.8, 4) is 0 Å². The van der Waals surface area contributed by atoms with E-state index in [0.717, 1.165) is 19.3 Å². The second-order valence-corrected chi connectivity index (χ2v) is 10.6. The minimum Gasteiger partial charge on any atom is -0.387 e. The zero-order valence-electron chi connectivity index (χ0n) is 21.4. The monoisotopic (exact) mass is 541 g/mol. The maximum atomic E-state index is 10.7. The van der Waals surface area contributed by atoms with Crippen LogP contribution >= 0.6 is 0 Å². The van der Waals surface area contributed by atoms with Crippen LogP contribution in [0.5, 0.6) is 0 Å². The maximum Gasteiger partial charge on any atom is 0.397 e. The van der Waals surface area contributed by atoms with E-state index in [2.05, 4.69) is 11.1 Å². The van der Waals surface area contributed by atoms with Crippen LogP contribution < -0.4 is 5.73 Å². The van der Waals surface area contributed by atoms with Gasteiger partial charge in [-0.3, -0.25) is 4.55 Å². The molecule has 1 aliphatic rings. The summed E-state index contributed by atoms with van der Waals surface area (Å²) in [6, 6.07) is -0.856. The molecule has 0 aliphatic carbocycles. The molecule has 1 aliphatic heterocycles. The number of unbranched alkanes of at least 4 members (excludes halogenated alkanes) is 11. The third-order valence-electron chi connectivity index (χ3n) is 6.25. The van der Waals surface area contributed by atoms with Crippen molar-refractivity contribution in [2.24, 2.45) is 5.73 Å². The molecular weight excluding hydrogens is 494 g/mol. The lowest BCUT2D eigenvalue weighted by Crippen LogP contribution is -2.60. The standard InChI is InChI=1S/C24H47NO10S/c1-2-3-4-5-6-7-8-9-10-11-12-13-14-15-19(26)18(25)16-33-24-23(29)22(28)21(27)20(35-24)17-34-36(30,31)32/h14-15,18-24,26-29H,2-13,16-17,25H2,1H3,(H,30,31,32)/b15-14+/t18-,19+,20-,21?,22+,23-,24-/m0/s1. The molecule has 12 heteroatoms. The molecule has 7 atom stereocenters. The number of ether oxygens (including phenoxy) is 2. The average molecular weight is 542 g/mol. The molecule has 0 radical (unpaired) electrons. The van der Waals surface area contributed by atoms with Crippen molar-refractivity contribution in [2.75, 3.05) is 13.2 Å². The van der Waals surface area contributed by atoms with Crippen LogP contribution in [0.3, 0.4) is 0 Å². The van der Waals surface area contributed by atoms with Gasteiger partial charge in [0.05, 0.1) is 25.4 Å². The molecule has 0 bridgehead atoms. The van der Waals surface area contributed by atoms with E-state index >= 15 is 0 Å². The second-order valence-electron chi connectivity index (χ2n) is 9.47. The Morgan fingerprint density at radius 2 is 1.47 bits per heavy atom. The maximum absolute atomic E-state index is 10.7. The number of aliphatic hydroxyl groups is 4. The van der Waals surface area contributed by atoms with Crippen molar-refractivity contribution in [2.45, 2.75) is 127 Å². The number of hydrogen-bond donors (Lipinski definition) is 6. The predicted molar refractivity (Wildman–Crippen MR) is 134 cm³/mol. The number of rotatable bonds is 20. The first kappa shape index (κ1) is 33.4. The molecule has 0 amide bonds. The minimum atomic E-state index is -4.79. The van der Waals surface area contributed by atoms with Gasteiger partial charge in [-0.25, -0.2) is 4.18 Å². The Kier molecular flexibility index (Phi) is 17.2. The topological polar surface area (TPSA) is 189 Å². The molecule has 1 unspecified atom stereocenters. The van der Waals surface area contributed by atoms with Crippen molar-refractivity contribution in [3.63, 3.8) is 0 Å². The van der Waals surface area contributed by atoms with Crippen molar-refractivity contribution < 1.29 is 47.1 Å². The van der Waals surface area contributed by atoms with E-state index in [4.69, 9.17) is 19.8 Å². The lowest BCUT2D eigenvalue weighted by molar-refractivity contribution is -0.301.